The second-order valence-electron chi connectivity index (χ2n) is 7.96. The Morgan fingerprint density at radius 1 is 1.16 bits per heavy atom. The van der Waals surface area contributed by atoms with E-state index in [0.717, 1.165) is 12.1 Å². The molecule has 0 radical (unpaired) electrons. The molecule has 0 bridgehead atoms. The fourth-order valence-corrected chi connectivity index (χ4v) is 3.98. The summed E-state index contributed by atoms with van der Waals surface area (Å²) in [6.07, 6.45) is -3.89. The number of anilines is 1. The molecule has 162 valence electrons. The molecule has 3 aromatic rings. The van der Waals surface area contributed by atoms with Crippen molar-refractivity contribution in [1.29, 1.82) is 0 Å². The van der Waals surface area contributed by atoms with E-state index in [1.165, 1.54) is 18.1 Å². The number of rotatable bonds is 5. The van der Waals surface area contributed by atoms with Gasteiger partial charge in [-0.25, -0.2) is 0 Å². The highest BCUT2D eigenvalue weighted by Crippen LogP contribution is 2.44. The normalized spacial score (nSPS) is 16.2. The van der Waals surface area contributed by atoms with Crippen LogP contribution in [0.1, 0.15) is 52.8 Å². The standard InChI is InChI=1S/C23H22F3N3O2/c1-13(2)10-18-19-20(28-27-18)22(30)29(16-8-5-9-17(12-16)31-3)21(19)14-6-4-7-15(11-14)23(24,25)26/h4-9,11-13,21H,10H2,1-3H3,(H,27,28). The van der Waals surface area contributed by atoms with Crippen LogP contribution in [0.3, 0.4) is 0 Å². The predicted octanol–water partition coefficient (Wildman–Crippen LogP) is 5.39. The van der Waals surface area contributed by atoms with Gasteiger partial charge in [-0.15, -0.1) is 0 Å². The van der Waals surface area contributed by atoms with Crippen molar-refractivity contribution in [3.05, 3.63) is 76.6 Å². The Morgan fingerprint density at radius 2 is 1.90 bits per heavy atom. The van der Waals surface area contributed by atoms with Gasteiger partial charge >= 0.3 is 6.18 Å². The van der Waals surface area contributed by atoms with Gasteiger partial charge in [-0.3, -0.25) is 14.8 Å². The summed E-state index contributed by atoms with van der Waals surface area (Å²) >= 11 is 0. The molecular formula is C23H22F3N3O2. The number of hydrogen-bond acceptors (Lipinski definition) is 3. The molecule has 2 heterocycles. The van der Waals surface area contributed by atoms with E-state index in [-0.39, 0.29) is 11.8 Å². The van der Waals surface area contributed by atoms with E-state index in [2.05, 4.69) is 10.2 Å². The largest absolute Gasteiger partial charge is 0.497 e. The second kappa shape index (κ2) is 7.76. The molecular weight excluding hydrogens is 407 g/mol. The fourth-order valence-electron chi connectivity index (χ4n) is 3.98. The third-order valence-electron chi connectivity index (χ3n) is 5.31. The van der Waals surface area contributed by atoms with Crippen LogP contribution in [-0.4, -0.2) is 23.2 Å². The zero-order valence-corrected chi connectivity index (χ0v) is 17.3. The molecule has 8 heteroatoms. The summed E-state index contributed by atoms with van der Waals surface area (Å²) in [5.74, 6) is 0.466. The van der Waals surface area contributed by atoms with Crippen LogP contribution < -0.4 is 9.64 Å². The molecule has 0 fully saturated rings. The first-order valence-electron chi connectivity index (χ1n) is 9.92. The first kappa shape index (κ1) is 21.0. The van der Waals surface area contributed by atoms with Crippen molar-refractivity contribution in [1.82, 2.24) is 10.2 Å². The molecule has 1 unspecified atom stereocenters. The van der Waals surface area contributed by atoms with E-state index in [0.29, 0.717) is 40.4 Å². The topological polar surface area (TPSA) is 58.2 Å². The van der Waals surface area contributed by atoms with E-state index >= 15 is 0 Å². The molecule has 1 atom stereocenters. The fraction of sp³-hybridized carbons (Fsp3) is 0.304. The third kappa shape index (κ3) is 3.78. The molecule has 1 amide bonds. The molecule has 1 aliphatic rings. The van der Waals surface area contributed by atoms with Gasteiger partial charge in [0, 0.05) is 17.3 Å². The Hall–Kier alpha value is -3.29. The minimum Gasteiger partial charge on any atom is -0.497 e. The molecule has 5 nitrogen and oxygen atoms in total. The Labute approximate surface area is 177 Å². The Bertz CT molecular complexity index is 1120. The van der Waals surface area contributed by atoms with Gasteiger partial charge in [0.25, 0.3) is 5.91 Å². The van der Waals surface area contributed by atoms with Gasteiger partial charge in [-0.1, -0.05) is 32.0 Å². The monoisotopic (exact) mass is 429 g/mol. The van der Waals surface area contributed by atoms with Crippen molar-refractivity contribution in [3.63, 3.8) is 0 Å². The lowest BCUT2D eigenvalue weighted by Crippen LogP contribution is -2.29. The summed E-state index contributed by atoms with van der Waals surface area (Å²) in [6.45, 7) is 4.05. The molecule has 0 aliphatic carbocycles. The number of methoxy groups -OCH3 is 1. The first-order valence-corrected chi connectivity index (χ1v) is 9.92. The number of nitrogens with zero attached hydrogens (tertiary/aromatic N) is 2. The number of fused-ring (bicyclic) bond motifs is 1. The lowest BCUT2D eigenvalue weighted by Gasteiger charge is -2.27. The highest BCUT2D eigenvalue weighted by molar-refractivity contribution is 6.10. The summed E-state index contributed by atoms with van der Waals surface area (Å²) in [7, 11) is 1.52. The van der Waals surface area contributed by atoms with Gasteiger partial charge in [0.15, 0.2) is 0 Å². The van der Waals surface area contributed by atoms with Crippen LogP contribution >= 0.6 is 0 Å². The van der Waals surface area contributed by atoms with Gasteiger partial charge < -0.3 is 4.74 Å². The maximum Gasteiger partial charge on any atom is 0.416 e. The lowest BCUT2D eigenvalue weighted by atomic mass is 9.94. The Morgan fingerprint density at radius 3 is 2.58 bits per heavy atom. The van der Waals surface area contributed by atoms with Gasteiger partial charge in [0.05, 0.1) is 24.4 Å². The first-order chi connectivity index (χ1) is 14.7. The maximum absolute atomic E-state index is 13.4. The second-order valence-corrected chi connectivity index (χ2v) is 7.96. The van der Waals surface area contributed by atoms with Crippen molar-refractivity contribution in [3.8, 4) is 5.75 Å². The number of ether oxygens (including phenoxy) is 1. The molecule has 4 rings (SSSR count). The minimum absolute atomic E-state index is 0.260. The minimum atomic E-state index is -4.49. The molecule has 31 heavy (non-hydrogen) atoms. The van der Waals surface area contributed by atoms with Gasteiger partial charge in [-0.05, 0) is 42.2 Å². The number of H-pyrrole nitrogens is 1. The third-order valence-corrected chi connectivity index (χ3v) is 5.31. The summed E-state index contributed by atoms with van der Waals surface area (Å²) in [5.41, 5.74) is 1.77. The number of benzene rings is 2. The van der Waals surface area contributed by atoms with Crippen molar-refractivity contribution in [2.24, 2.45) is 5.92 Å². The van der Waals surface area contributed by atoms with Crippen molar-refractivity contribution in [2.75, 3.05) is 12.0 Å². The predicted molar refractivity (Wildman–Crippen MR) is 110 cm³/mol. The van der Waals surface area contributed by atoms with E-state index in [4.69, 9.17) is 4.74 Å². The lowest BCUT2D eigenvalue weighted by molar-refractivity contribution is -0.137. The maximum atomic E-state index is 13.4. The van der Waals surface area contributed by atoms with E-state index in [1.807, 2.05) is 13.8 Å². The summed E-state index contributed by atoms with van der Waals surface area (Å²) in [5, 5.41) is 7.14. The smallest absolute Gasteiger partial charge is 0.416 e. The van der Waals surface area contributed by atoms with Crippen LogP contribution in [0.5, 0.6) is 5.75 Å². The number of halogens is 3. The summed E-state index contributed by atoms with van der Waals surface area (Å²) < 4.78 is 45.5. The number of aromatic nitrogens is 2. The highest BCUT2D eigenvalue weighted by Gasteiger charge is 2.43. The molecule has 1 aliphatic heterocycles. The number of alkyl halides is 3. The van der Waals surface area contributed by atoms with Crippen molar-refractivity contribution < 1.29 is 22.7 Å². The zero-order chi connectivity index (χ0) is 22.3. The molecule has 0 saturated carbocycles. The molecule has 0 saturated heterocycles. The zero-order valence-electron chi connectivity index (χ0n) is 17.3. The number of nitrogens with one attached hydrogen (secondary N) is 1. The average molecular weight is 429 g/mol. The van der Waals surface area contributed by atoms with Crippen LogP contribution in [0, 0.1) is 5.92 Å². The van der Waals surface area contributed by atoms with Crippen LogP contribution in [0.25, 0.3) is 0 Å². The number of amides is 1. The van der Waals surface area contributed by atoms with Crippen LogP contribution in [0.15, 0.2) is 48.5 Å². The number of aromatic amines is 1. The van der Waals surface area contributed by atoms with E-state index in [1.54, 1.807) is 30.3 Å². The van der Waals surface area contributed by atoms with Gasteiger partial charge in [0.1, 0.15) is 11.4 Å². The Kier molecular flexibility index (Phi) is 5.24. The molecule has 2 aromatic carbocycles. The van der Waals surface area contributed by atoms with Crippen molar-refractivity contribution in [2.45, 2.75) is 32.5 Å². The molecule has 1 aromatic heterocycles. The molecule has 1 N–H and O–H groups in total. The van der Waals surface area contributed by atoms with Crippen LogP contribution in [-0.2, 0) is 12.6 Å². The van der Waals surface area contributed by atoms with Gasteiger partial charge in [-0.2, -0.15) is 18.3 Å². The number of hydrogen-bond donors (Lipinski definition) is 1. The van der Waals surface area contributed by atoms with Crippen LogP contribution in [0.4, 0.5) is 18.9 Å². The van der Waals surface area contributed by atoms with E-state index in [9.17, 15) is 18.0 Å². The highest BCUT2D eigenvalue weighted by atomic mass is 19.4. The number of carbonyl (C=O) groups is 1. The van der Waals surface area contributed by atoms with Crippen LogP contribution in [0.2, 0.25) is 0 Å². The van der Waals surface area contributed by atoms with Gasteiger partial charge in [0.2, 0.25) is 0 Å². The average Bonchev–Trinajstić information content (AvgIpc) is 3.26. The number of carbonyl (C=O) groups excluding carboxylic acids is 1. The van der Waals surface area contributed by atoms with E-state index < -0.39 is 17.8 Å². The van der Waals surface area contributed by atoms with Crippen molar-refractivity contribution >= 4 is 11.6 Å². The summed E-state index contributed by atoms with van der Waals surface area (Å²) in [4.78, 5) is 14.9. The quantitative estimate of drug-likeness (QED) is 0.592. The SMILES string of the molecule is COc1cccc(N2C(=O)c3[nH]nc(CC(C)C)c3C2c2cccc(C(F)(F)F)c2)c1. The Balaban J connectivity index is 1.91. The summed E-state index contributed by atoms with van der Waals surface area (Å²) in [6, 6.07) is 11.3. The molecule has 0 spiro atoms.